The van der Waals surface area contributed by atoms with E-state index in [1.54, 1.807) is 26.2 Å². The van der Waals surface area contributed by atoms with E-state index in [0.29, 0.717) is 12.2 Å². The van der Waals surface area contributed by atoms with E-state index in [0.717, 1.165) is 12.2 Å². The van der Waals surface area contributed by atoms with Gasteiger partial charge in [0, 0.05) is 19.1 Å². The summed E-state index contributed by atoms with van der Waals surface area (Å²) >= 11 is 0. The van der Waals surface area contributed by atoms with Gasteiger partial charge >= 0.3 is 0 Å². The van der Waals surface area contributed by atoms with Crippen LogP contribution in [0.2, 0.25) is 0 Å². The highest BCUT2D eigenvalue weighted by atomic mass is 16.5. The van der Waals surface area contributed by atoms with Crippen LogP contribution in [0.4, 0.5) is 0 Å². The van der Waals surface area contributed by atoms with Crippen LogP contribution in [0.15, 0.2) is 24.3 Å². The van der Waals surface area contributed by atoms with Gasteiger partial charge in [-0.05, 0) is 32.9 Å². The number of rotatable bonds is 6. The number of ketones is 1. The minimum atomic E-state index is -0.182. The van der Waals surface area contributed by atoms with E-state index < -0.39 is 0 Å². The van der Waals surface area contributed by atoms with Crippen LogP contribution in [-0.4, -0.2) is 25.1 Å². The molecule has 0 fully saturated rings. The summed E-state index contributed by atoms with van der Waals surface area (Å²) in [6, 6.07) is 7.23. The maximum Gasteiger partial charge on any atom is 0.159 e. The van der Waals surface area contributed by atoms with Gasteiger partial charge in [-0.1, -0.05) is 12.1 Å². The van der Waals surface area contributed by atoms with Crippen LogP contribution in [0, 0.1) is 0 Å². The zero-order chi connectivity index (χ0) is 12.9. The lowest BCUT2D eigenvalue weighted by molar-refractivity contribution is 0.00544. The number of carbonyl (C=O) groups is 1. The van der Waals surface area contributed by atoms with E-state index in [9.17, 15) is 4.79 Å². The third-order valence-corrected chi connectivity index (χ3v) is 2.77. The van der Waals surface area contributed by atoms with Crippen molar-refractivity contribution in [3.63, 3.8) is 0 Å². The van der Waals surface area contributed by atoms with E-state index in [1.165, 1.54) is 0 Å². The first-order valence-corrected chi connectivity index (χ1v) is 5.73. The summed E-state index contributed by atoms with van der Waals surface area (Å²) in [6.07, 6.45) is 0.799. The van der Waals surface area contributed by atoms with Crippen LogP contribution in [0.3, 0.4) is 0 Å². The lowest BCUT2D eigenvalue weighted by atomic mass is 10.1. The summed E-state index contributed by atoms with van der Waals surface area (Å²) in [5.74, 6) is 0.775. The van der Waals surface area contributed by atoms with Gasteiger partial charge in [0.15, 0.2) is 5.78 Å². The lowest BCUT2D eigenvalue weighted by Gasteiger charge is -2.22. The molecule has 3 nitrogen and oxygen atoms in total. The molecular formula is C14H20O3. The first-order valence-electron chi connectivity index (χ1n) is 5.73. The molecule has 3 heteroatoms. The topological polar surface area (TPSA) is 35.5 Å². The van der Waals surface area contributed by atoms with E-state index in [-0.39, 0.29) is 11.4 Å². The average molecular weight is 236 g/mol. The molecule has 0 aliphatic rings. The van der Waals surface area contributed by atoms with Gasteiger partial charge in [-0.3, -0.25) is 4.79 Å². The molecule has 17 heavy (non-hydrogen) atoms. The largest absolute Gasteiger partial charge is 0.493 e. The molecule has 0 unspecified atom stereocenters. The van der Waals surface area contributed by atoms with Gasteiger partial charge in [0.25, 0.3) is 0 Å². The molecule has 0 radical (unpaired) electrons. The predicted octanol–water partition coefficient (Wildman–Crippen LogP) is 3.08. The Morgan fingerprint density at radius 3 is 2.65 bits per heavy atom. The number of Topliss-reactive ketones (excluding diaryl/α,β-unsaturated/α-hetero) is 1. The molecule has 0 aromatic heterocycles. The van der Waals surface area contributed by atoms with E-state index >= 15 is 0 Å². The van der Waals surface area contributed by atoms with Crippen LogP contribution < -0.4 is 4.74 Å². The zero-order valence-electron chi connectivity index (χ0n) is 10.9. The summed E-state index contributed by atoms with van der Waals surface area (Å²) < 4.78 is 10.9. The molecule has 0 amide bonds. The second-order valence-corrected chi connectivity index (χ2v) is 4.65. The normalized spacial score (nSPS) is 11.3. The summed E-state index contributed by atoms with van der Waals surface area (Å²) in [5, 5.41) is 0. The van der Waals surface area contributed by atoms with Gasteiger partial charge in [-0.15, -0.1) is 0 Å². The van der Waals surface area contributed by atoms with Crippen molar-refractivity contribution in [1.82, 2.24) is 0 Å². The van der Waals surface area contributed by atoms with Crippen LogP contribution in [-0.2, 0) is 4.74 Å². The molecule has 0 saturated heterocycles. The van der Waals surface area contributed by atoms with Crippen LogP contribution in [0.1, 0.15) is 37.6 Å². The fourth-order valence-electron chi connectivity index (χ4n) is 1.32. The summed E-state index contributed by atoms with van der Waals surface area (Å²) in [5.41, 5.74) is 0.492. The highest BCUT2D eigenvalue weighted by molar-refractivity contribution is 5.94. The quantitative estimate of drug-likeness (QED) is 0.712. The predicted molar refractivity (Wildman–Crippen MR) is 67.6 cm³/mol. The molecular weight excluding hydrogens is 216 g/mol. The first-order chi connectivity index (χ1) is 7.94. The van der Waals surface area contributed by atoms with Gasteiger partial charge in [-0.25, -0.2) is 0 Å². The molecule has 0 spiro atoms. The molecule has 0 saturated carbocycles. The van der Waals surface area contributed by atoms with Crippen molar-refractivity contribution >= 4 is 5.78 Å². The molecule has 0 aliphatic heterocycles. The van der Waals surface area contributed by atoms with Gasteiger partial charge in [0.05, 0.1) is 12.2 Å². The SMILES string of the molecule is COC(C)(C)CCOc1cccc(C(C)=O)c1. The second kappa shape index (κ2) is 5.82. The number of benzene rings is 1. The Bertz CT molecular complexity index is 383. The molecule has 0 atom stereocenters. The van der Waals surface area contributed by atoms with Crippen molar-refractivity contribution in [3.8, 4) is 5.75 Å². The van der Waals surface area contributed by atoms with Gasteiger partial charge in [0.1, 0.15) is 5.75 Å². The zero-order valence-corrected chi connectivity index (χ0v) is 10.9. The maximum atomic E-state index is 11.2. The third-order valence-electron chi connectivity index (χ3n) is 2.77. The molecule has 1 rings (SSSR count). The highest BCUT2D eigenvalue weighted by Crippen LogP contribution is 2.17. The van der Waals surface area contributed by atoms with Crippen molar-refractivity contribution in [2.75, 3.05) is 13.7 Å². The van der Waals surface area contributed by atoms with E-state index in [4.69, 9.17) is 9.47 Å². The Labute approximate surface area is 103 Å². The Kier molecular flexibility index (Phi) is 4.70. The van der Waals surface area contributed by atoms with Crippen molar-refractivity contribution in [2.24, 2.45) is 0 Å². The van der Waals surface area contributed by atoms with Crippen LogP contribution in [0.25, 0.3) is 0 Å². The van der Waals surface area contributed by atoms with Gasteiger partial charge in [0.2, 0.25) is 0 Å². The molecule has 0 N–H and O–H groups in total. The summed E-state index contributed by atoms with van der Waals surface area (Å²) in [4.78, 5) is 11.2. The number of ether oxygens (including phenoxy) is 2. The fourth-order valence-corrected chi connectivity index (χ4v) is 1.32. The Morgan fingerprint density at radius 1 is 1.35 bits per heavy atom. The summed E-state index contributed by atoms with van der Waals surface area (Å²) in [6.45, 7) is 6.15. The van der Waals surface area contributed by atoms with Crippen molar-refractivity contribution in [1.29, 1.82) is 0 Å². The molecule has 1 aromatic carbocycles. The minimum absolute atomic E-state index is 0.0488. The fraction of sp³-hybridized carbons (Fsp3) is 0.500. The third kappa shape index (κ3) is 4.57. The van der Waals surface area contributed by atoms with Crippen LogP contribution in [0.5, 0.6) is 5.75 Å². The Hall–Kier alpha value is -1.35. The smallest absolute Gasteiger partial charge is 0.159 e. The lowest BCUT2D eigenvalue weighted by Crippen LogP contribution is -2.25. The standard InChI is InChI=1S/C14H20O3/c1-11(15)12-6-5-7-13(10-12)17-9-8-14(2,3)16-4/h5-7,10H,8-9H2,1-4H3. The van der Waals surface area contributed by atoms with Gasteiger partial charge < -0.3 is 9.47 Å². The number of carbonyl (C=O) groups excluding carboxylic acids is 1. The van der Waals surface area contributed by atoms with Crippen LogP contribution >= 0.6 is 0 Å². The number of hydrogen-bond donors (Lipinski definition) is 0. The molecule has 0 heterocycles. The van der Waals surface area contributed by atoms with E-state index in [1.807, 2.05) is 26.0 Å². The minimum Gasteiger partial charge on any atom is -0.493 e. The molecule has 0 bridgehead atoms. The second-order valence-electron chi connectivity index (χ2n) is 4.65. The Morgan fingerprint density at radius 2 is 2.06 bits per heavy atom. The van der Waals surface area contributed by atoms with Crippen molar-refractivity contribution in [2.45, 2.75) is 32.8 Å². The number of hydrogen-bond acceptors (Lipinski definition) is 3. The highest BCUT2D eigenvalue weighted by Gasteiger charge is 2.15. The summed E-state index contributed by atoms with van der Waals surface area (Å²) in [7, 11) is 1.69. The average Bonchev–Trinajstić information content (AvgIpc) is 2.29. The molecule has 1 aromatic rings. The van der Waals surface area contributed by atoms with Gasteiger partial charge in [-0.2, -0.15) is 0 Å². The maximum absolute atomic E-state index is 11.2. The van der Waals surface area contributed by atoms with E-state index in [2.05, 4.69) is 0 Å². The number of methoxy groups -OCH3 is 1. The molecule has 94 valence electrons. The first kappa shape index (κ1) is 13.7. The molecule has 0 aliphatic carbocycles. The monoisotopic (exact) mass is 236 g/mol. The Balaban J connectivity index is 2.52. The van der Waals surface area contributed by atoms with Crippen molar-refractivity contribution in [3.05, 3.63) is 29.8 Å². The van der Waals surface area contributed by atoms with Crippen molar-refractivity contribution < 1.29 is 14.3 Å².